The zero-order chi connectivity index (χ0) is 14.5. The Morgan fingerprint density at radius 2 is 1.67 bits per heavy atom. The minimum absolute atomic E-state index is 0.483. The molecule has 2 aromatic carbocycles. The first-order chi connectivity index (χ1) is 10.3. The number of ether oxygens (including phenoxy) is 1. The fourth-order valence-electron chi connectivity index (χ4n) is 2.09. The van der Waals surface area contributed by atoms with E-state index in [1.165, 1.54) is 12.3 Å². The van der Waals surface area contributed by atoms with Crippen LogP contribution in [0.1, 0.15) is 5.56 Å². The Hall–Kier alpha value is -2.68. The number of hydrogen-bond donors (Lipinski definition) is 0. The van der Waals surface area contributed by atoms with Crippen LogP contribution in [-0.4, -0.2) is 4.98 Å². The maximum absolute atomic E-state index is 13.2. The van der Waals surface area contributed by atoms with Crippen molar-refractivity contribution >= 4 is 0 Å². The molecule has 0 amide bonds. The first-order valence-electron chi connectivity index (χ1n) is 6.70. The molecule has 0 N–H and O–H groups in total. The smallest absolute Gasteiger partial charge is 0.213 e. The summed E-state index contributed by atoms with van der Waals surface area (Å²) in [6, 6.07) is 20.8. The van der Waals surface area contributed by atoms with Crippen LogP contribution in [0.3, 0.4) is 0 Å². The lowest BCUT2D eigenvalue weighted by Crippen LogP contribution is -1.95. The molecule has 0 aliphatic carbocycles. The summed E-state index contributed by atoms with van der Waals surface area (Å²) in [5.74, 6) is 0.275. The lowest BCUT2D eigenvalue weighted by molar-refractivity contribution is 0.306. The molecular formula is C18H14FNO. The summed E-state index contributed by atoms with van der Waals surface area (Å²) in [4.78, 5) is 3.57. The molecule has 0 bridgehead atoms. The molecule has 1 aromatic heterocycles. The molecule has 104 valence electrons. The topological polar surface area (TPSA) is 22.1 Å². The van der Waals surface area contributed by atoms with Crippen LogP contribution in [0.5, 0.6) is 5.75 Å². The summed E-state index contributed by atoms with van der Waals surface area (Å²) in [5, 5.41) is 0. The highest BCUT2D eigenvalue weighted by Crippen LogP contribution is 2.24. The number of hydrogen-bond acceptors (Lipinski definition) is 2. The van der Waals surface area contributed by atoms with Gasteiger partial charge in [-0.2, -0.15) is 4.39 Å². The summed E-state index contributed by atoms with van der Waals surface area (Å²) in [7, 11) is 0. The van der Waals surface area contributed by atoms with E-state index in [-0.39, 0.29) is 0 Å². The third-order valence-corrected chi connectivity index (χ3v) is 3.14. The van der Waals surface area contributed by atoms with E-state index < -0.39 is 5.95 Å². The van der Waals surface area contributed by atoms with Crippen LogP contribution in [0.4, 0.5) is 4.39 Å². The van der Waals surface area contributed by atoms with Crippen LogP contribution >= 0.6 is 0 Å². The number of benzene rings is 2. The number of pyridine rings is 1. The van der Waals surface area contributed by atoms with Gasteiger partial charge in [-0.1, -0.05) is 42.5 Å². The van der Waals surface area contributed by atoms with E-state index >= 15 is 0 Å². The van der Waals surface area contributed by atoms with Crippen molar-refractivity contribution < 1.29 is 9.13 Å². The van der Waals surface area contributed by atoms with Crippen molar-refractivity contribution in [3.05, 3.63) is 84.4 Å². The lowest BCUT2D eigenvalue weighted by Gasteiger charge is -2.08. The van der Waals surface area contributed by atoms with Crippen molar-refractivity contribution in [2.24, 2.45) is 0 Å². The summed E-state index contributed by atoms with van der Waals surface area (Å²) in [6.45, 7) is 0.509. The molecule has 0 fully saturated rings. The number of rotatable bonds is 4. The molecule has 0 unspecified atom stereocenters. The van der Waals surface area contributed by atoms with Gasteiger partial charge in [-0.25, -0.2) is 4.98 Å². The van der Waals surface area contributed by atoms with Gasteiger partial charge in [-0.15, -0.1) is 0 Å². The molecule has 3 heteroatoms. The first kappa shape index (κ1) is 13.3. The summed E-state index contributed by atoms with van der Waals surface area (Å²) < 4.78 is 19.0. The molecule has 0 spiro atoms. The van der Waals surface area contributed by atoms with E-state index in [0.717, 1.165) is 22.4 Å². The second kappa shape index (κ2) is 6.18. The molecule has 21 heavy (non-hydrogen) atoms. The Labute approximate surface area is 122 Å². The van der Waals surface area contributed by atoms with Gasteiger partial charge in [-0.05, 0) is 34.9 Å². The minimum Gasteiger partial charge on any atom is -0.489 e. The fraction of sp³-hybridized carbons (Fsp3) is 0.0556. The first-order valence-corrected chi connectivity index (χ1v) is 6.70. The largest absolute Gasteiger partial charge is 0.489 e. The second-order valence-corrected chi connectivity index (χ2v) is 4.67. The van der Waals surface area contributed by atoms with Crippen molar-refractivity contribution in [2.75, 3.05) is 0 Å². The van der Waals surface area contributed by atoms with E-state index in [1.54, 1.807) is 6.07 Å². The fourth-order valence-corrected chi connectivity index (χ4v) is 2.09. The molecule has 0 aliphatic heterocycles. The van der Waals surface area contributed by atoms with E-state index in [2.05, 4.69) is 4.98 Å². The van der Waals surface area contributed by atoms with Gasteiger partial charge in [0.05, 0.1) is 0 Å². The standard InChI is InChI=1S/C18H14FNO/c19-18-12-16(9-10-20-18)15-7-4-8-17(11-15)21-13-14-5-2-1-3-6-14/h1-12H,13H2. The molecule has 0 aliphatic rings. The van der Waals surface area contributed by atoms with Crippen molar-refractivity contribution in [1.82, 2.24) is 4.98 Å². The highest BCUT2D eigenvalue weighted by atomic mass is 19.1. The predicted octanol–water partition coefficient (Wildman–Crippen LogP) is 4.47. The monoisotopic (exact) mass is 279 g/mol. The van der Waals surface area contributed by atoms with Crippen LogP contribution in [0.2, 0.25) is 0 Å². The number of halogens is 1. The van der Waals surface area contributed by atoms with Crippen LogP contribution in [0.25, 0.3) is 11.1 Å². The minimum atomic E-state index is -0.483. The molecule has 0 radical (unpaired) electrons. The normalized spacial score (nSPS) is 10.3. The maximum Gasteiger partial charge on any atom is 0.213 e. The highest BCUT2D eigenvalue weighted by Gasteiger charge is 2.02. The van der Waals surface area contributed by atoms with Gasteiger partial charge in [0.1, 0.15) is 12.4 Å². The molecular weight excluding hydrogens is 265 g/mol. The molecule has 0 saturated heterocycles. The molecule has 3 aromatic rings. The van der Waals surface area contributed by atoms with E-state index in [0.29, 0.717) is 6.61 Å². The van der Waals surface area contributed by atoms with E-state index in [4.69, 9.17) is 4.74 Å². The van der Waals surface area contributed by atoms with Crippen molar-refractivity contribution in [3.8, 4) is 16.9 Å². The average Bonchev–Trinajstić information content (AvgIpc) is 2.54. The molecule has 0 saturated carbocycles. The zero-order valence-corrected chi connectivity index (χ0v) is 11.4. The summed E-state index contributed by atoms with van der Waals surface area (Å²) in [6.07, 6.45) is 1.46. The SMILES string of the molecule is Fc1cc(-c2cccc(OCc3ccccc3)c2)ccn1. The molecule has 0 atom stereocenters. The van der Waals surface area contributed by atoms with Crippen molar-refractivity contribution in [2.45, 2.75) is 6.61 Å². The Morgan fingerprint density at radius 1 is 0.857 bits per heavy atom. The van der Waals surface area contributed by atoms with Crippen LogP contribution < -0.4 is 4.74 Å². The maximum atomic E-state index is 13.2. The summed E-state index contributed by atoms with van der Waals surface area (Å²) >= 11 is 0. The Kier molecular flexibility index (Phi) is 3.92. The third-order valence-electron chi connectivity index (χ3n) is 3.14. The third kappa shape index (κ3) is 3.45. The van der Waals surface area contributed by atoms with Gasteiger partial charge in [0, 0.05) is 12.3 Å². The van der Waals surface area contributed by atoms with Gasteiger partial charge in [0.2, 0.25) is 5.95 Å². The number of aromatic nitrogens is 1. The second-order valence-electron chi connectivity index (χ2n) is 4.67. The van der Waals surface area contributed by atoms with Gasteiger partial charge >= 0.3 is 0 Å². The predicted molar refractivity (Wildman–Crippen MR) is 80.4 cm³/mol. The van der Waals surface area contributed by atoms with Crippen LogP contribution in [0, 0.1) is 5.95 Å². The van der Waals surface area contributed by atoms with Crippen molar-refractivity contribution in [1.29, 1.82) is 0 Å². The van der Waals surface area contributed by atoms with Gasteiger partial charge in [0.25, 0.3) is 0 Å². The molecule has 3 rings (SSSR count). The van der Waals surface area contributed by atoms with Gasteiger partial charge < -0.3 is 4.74 Å². The average molecular weight is 279 g/mol. The van der Waals surface area contributed by atoms with Crippen LogP contribution in [-0.2, 0) is 6.61 Å². The quantitative estimate of drug-likeness (QED) is 0.657. The summed E-state index contributed by atoms with van der Waals surface area (Å²) in [5.41, 5.74) is 2.80. The number of nitrogens with zero attached hydrogens (tertiary/aromatic N) is 1. The highest BCUT2D eigenvalue weighted by molar-refractivity contribution is 5.64. The Bertz CT molecular complexity index is 728. The molecule has 2 nitrogen and oxygen atoms in total. The van der Waals surface area contributed by atoms with E-state index in [1.807, 2.05) is 54.6 Å². The van der Waals surface area contributed by atoms with E-state index in [9.17, 15) is 4.39 Å². The molecule has 1 heterocycles. The van der Waals surface area contributed by atoms with Crippen molar-refractivity contribution in [3.63, 3.8) is 0 Å². The van der Waals surface area contributed by atoms with Gasteiger partial charge in [-0.3, -0.25) is 0 Å². The zero-order valence-electron chi connectivity index (χ0n) is 11.4. The lowest BCUT2D eigenvalue weighted by atomic mass is 10.1. The Balaban J connectivity index is 1.77. The Morgan fingerprint density at radius 3 is 2.48 bits per heavy atom. The van der Waals surface area contributed by atoms with Crippen LogP contribution in [0.15, 0.2) is 72.9 Å². The van der Waals surface area contributed by atoms with Gasteiger partial charge in [0.15, 0.2) is 0 Å².